The summed E-state index contributed by atoms with van der Waals surface area (Å²) < 4.78 is 0. The van der Waals surface area contributed by atoms with Crippen molar-refractivity contribution in [2.24, 2.45) is 11.8 Å². The molecule has 1 heterocycles. The minimum atomic E-state index is 0.140. The molecular formula is C19H31N3O. The third-order valence-electron chi connectivity index (χ3n) is 4.77. The van der Waals surface area contributed by atoms with Gasteiger partial charge in [-0.15, -0.1) is 0 Å². The molecule has 0 spiro atoms. The number of hydrogen-bond donors (Lipinski definition) is 2. The van der Waals surface area contributed by atoms with Crippen LogP contribution in [-0.2, 0) is 11.3 Å². The van der Waals surface area contributed by atoms with Gasteiger partial charge in [0, 0.05) is 18.7 Å². The lowest BCUT2D eigenvalue weighted by molar-refractivity contribution is -0.117. The van der Waals surface area contributed by atoms with Gasteiger partial charge < -0.3 is 15.5 Å². The second-order valence-electron chi connectivity index (χ2n) is 7.20. The number of rotatable bonds is 6. The van der Waals surface area contributed by atoms with Crippen LogP contribution in [0.2, 0.25) is 0 Å². The molecule has 1 unspecified atom stereocenters. The lowest BCUT2D eigenvalue weighted by atomic mass is 9.84. The summed E-state index contributed by atoms with van der Waals surface area (Å²) in [7, 11) is 4.11. The SMILES string of the molecule is Cc1ccc(CN(C)C)cc1NC(=O)CC(C)C1CCNCC1. The van der Waals surface area contributed by atoms with Crippen molar-refractivity contribution in [1.82, 2.24) is 10.2 Å². The Hall–Kier alpha value is -1.39. The highest BCUT2D eigenvalue weighted by molar-refractivity contribution is 5.91. The van der Waals surface area contributed by atoms with Crippen molar-refractivity contribution in [2.45, 2.75) is 39.7 Å². The van der Waals surface area contributed by atoms with E-state index in [0.717, 1.165) is 30.9 Å². The van der Waals surface area contributed by atoms with Crippen LogP contribution in [0, 0.1) is 18.8 Å². The third-order valence-corrected chi connectivity index (χ3v) is 4.77. The second kappa shape index (κ2) is 8.46. The van der Waals surface area contributed by atoms with Gasteiger partial charge in [-0.1, -0.05) is 19.1 Å². The zero-order valence-corrected chi connectivity index (χ0v) is 15.0. The first kappa shape index (κ1) is 18.0. The summed E-state index contributed by atoms with van der Waals surface area (Å²) in [5.74, 6) is 1.26. The molecule has 1 aromatic carbocycles. The fourth-order valence-electron chi connectivity index (χ4n) is 3.34. The number of hydrogen-bond acceptors (Lipinski definition) is 3. The quantitative estimate of drug-likeness (QED) is 0.848. The summed E-state index contributed by atoms with van der Waals surface area (Å²) >= 11 is 0. The molecule has 2 N–H and O–H groups in total. The van der Waals surface area contributed by atoms with E-state index >= 15 is 0 Å². The highest BCUT2D eigenvalue weighted by atomic mass is 16.1. The smallest absolute Gasteiger partial charge is 0.224 e. The molecule has 128 valence electrons. The first-order valence-corrected chi connectivity index (χ1v) is 8.70. The number of aryl methyl sites for hydroxylation is 1. The van der Waals surface area contributed by atoms with Gasteiger partial charge in [0.25, 0.3) is 0 Å². The van der Waals surface area contributed by atoms with Gasteiger partial charge in [-0.25, -0.2) is 0 Å². The largest absolute Gasteiger partial charge is 0.326 e. The van der Waals surface area contributed by atoms with Gasteiger partial charge in [-0.3, -0.25) is 4.79 Å². The Morgan fingerprint density at radius 3 is 2.70 bits per heavy atom. The van der Waals surface area contributed by atoms with Crippen molar-refractivity contribution < 1.29 is 4.79 Å². The molecule has 23 heavy (non-hydrogen) atoms. The number of carbonyl (C=O) groups excluding carboxylic acids is 1. The predicted molar refractivity (Wildman–Crippen MR) is 96.6 cm³/mol. The van der Waals surface area contributed by atoms with E-state index in [0.29, 0.717) is 18.3 Å². The van der Waals surface area contributed by atoms with E-state index < -0.39 is 0 Å². The van der Waals surface area contributed by atoms with E-state index in [9.17, 15) is 4.79 Å². The maximum Gasteiger partial charge on any atom is 0.224 e. The number of piperidine rings is 1. The van der Waals surface area contributed by atoms with Gasteiger partial charge in [0.15, 0.2) is 0 Å². The van der Waals surface area contributed by atoms with Gasteiger partial charge in [0.1, 0.15) is 0 Å². The zero-order chi connectivity index (χ0) is 16.8. The Kier molecular flexibility index (Phi) is 6.60. The van der Waals surface area contributed by atoms with E-state index in [-0.39, 0.29) is 5.91 Å². The summed E-state index contributed by atoms with van der Waals surface area (Å²) in [6.07, 6.45) is 2.99. The minimum Gasteiger partial charge on any atom is -0.326 e. The normalized spacial score (nSPS) is 17.3. The van der Waals surface area contributed by atoms with Gasteiger partial charge >= 0.3 is 0 Å². The lowest BCUT2D eigenvalue weighted by Crippen LogP contribution is -2.32. The molecule has 4 nitrogen and oxygen atoms in total. The maximum absolute atomic E-state index is 12.4. The van der Waals surface area contributed by atoms with Crippen LogP contribution in [0.4, 0.5) is 5.69 Å². The second-order valence-corrected chi connectivity index (χ2v) is 7.20. The van der Waals surface area contributed by atoms with Crippen molar-refractivity contribution in [1.29, 1.82) is 0 Å². The van der Waals surface area contributed by atoms with Crippen molar-refractivity contribution in [3.63, 3.8) is 0 Å². The molecule has 0 aliphatic carbocycles. The summed E-state index contributed by atoms with van der Waals surface area (Å²) in [5, 5.41) is 6.51. The highest BCUT2D eigenvalue weighted by Crippen LogP contribution is 2.25. The van der Waals surface area contributed by atoms with Crippen LogP contribution in [0.15, 0.2) is 18.2 Å². The molecule has 0 aromatic heterocycles. The molecule has 0 bridgehead atoms. The molecule has 1 amide bonds. The fourth-order valence-corrected chi connectivity index (χ4v) is 3.34. The van der Waals surface area contributed by atoms with Gasteiger partial charge in [-0.2, -0.15) is 0 Å². The van der Waals surface area contributed by atoms with Crippen molar-refractivity contribution in [2.75, 3.05) is 32.5 Å². The molecular weight excluding hydrogens is 286 g/mol. The van der Waals surface area contributed by atoms with E-state index in [4.69, 9.17) is 0 Å². The molecule has 1 fully saturated rings. The first-order valence-electron chi connectivity index (χ1n) is 8.70. The number of nitrogens with zero attached hydrogens (tertiary/aromatic N) is 1. The summed E-state index contributed by atoms with van der Waals surface area (Å²) in [4.78, 5) is 14.5. The standard InChI is InChI=1S/C19H31N3O/c1-14-5-6-16(13-22(3)4)12-18(14)21-19(23)11-15(2)17-7-9-20-10-8-17/h5-6,12,15,17,20H,7-11,13H2,1-4H3,(H,21,23). The summed E-state index contributed by atoms with van der Waals surface area (Å²) in [5.41, 5.74) is 3.30. The van der Waals surface area contributed by atoms with Gasteiger partial charge in [0.2, 0.25) is 5.91 Å². The Morgan fingerprint density at radius 1 is 1.35 bits per heavy atom. The fraction of sp³-hybridized carbons (Fsp3) is 0.632. The van der Waals surface area contributed by atoms with Crippen molar-refractivity contribution in [3.05, 3.63) is 29.3 Å². The Bertz CT molecular complexity index is 521. The number of benzene rings is 1. The molecule has 2 rings (SSSR count). The van der Waals surface area contributed by atoms with E-state index in [1.54, 1.807) is 0 Å². The minimum absolute atomic E-state index is 0.140. The molecule has 0 radical (unpaired) electrons. The molecule has 4 heteroatoms. The molecule has 1 atom stereocenters. The maximum atomic E-state index is 12.4. The van der Waals surface area contributed by atoms with Crippen LogP contribution in [0.25, 0.3) is 0 Å². The van der Waals surface area contributed by atoms with Crippen LogP contribution < -0.4 is 10.6 Å². The molecule has 1 aromatic rings. The number of amides is 1. The molecule has 1 aliphatic heterocycles. The Balaban J connectivity index is 1.93. The molecule has 1 saturated heterocycles. The van der Waals surface area contributed by atoms with Crippen LogP contribution in [0.3, 0.4) is 0 Å². The third kappa shape index (κ3) is 5.63. The molecule has 0 saturated carbocycles. The van der Waals surface area contributed by atoms with Gasteiger partial charge in [-0.05, 0) is 76.0 Å². The average Bonchev–Trinajstić information content (AvgIpc) is 2.51. The molecule has 1 aliphatic rings. The summed E-state index contributed by atoms with van der Waals surface area (Å²) in [6, 6.07) is 6.32. The van der Waals surface area contributed by atoms with E-state index in [1.165, 1.54) is 18.4 Å². The van der Waals surface area contributed by atoms with Crippen LogP contribution >= 0.6 is 0 Å². The monoisotopic (exact) mass is 317 g/mol. The van der Waals surface area contributed by atoms with Crippen LogP contribution in [-0.4, -0.2) is 38.0 Å². The summed E-state index contributed by atoms with van der Waals surface area (Å²) in [6.45, 7) is 7.31. The topological polar surface area (TPSA) is 44.4 Å². The van der Waals surface area contributed by atoms with E-state index in [2.05, 4.69) is 54.8 Å². The van der Waals surface area contributed by atoms with Crippen LogP contribution in [0.5, 0.6) is 0 Å². The number of carbonyl (C=O) groups is 1. The zero-order valence-electron chi connectivity index (χ0n) is 15.0. The van der Waals surface area contributed by atoms with Crippen molar-refractivity contribution in [3.8, 4) is 0 Å². The lowest BCUT2D eigenvalue weighted by Gasteiger charge is -2.28. The van der Waals surface area contributed by atoms with Crippen molar-refractivity contribution >= 4 is 11.6 Å². The first-order chi connectivity index (χ1) is 11.0. The Morgan fingerprint density at radius 2 is 2.04 bits per heavy atom. The number of anilines is 1. The highest BCUT2D eigenvalue weighted by Gasteiger charge is 2.22. The predicted octanol–water partition coefficient (Wildman–Crippen LogP) is 3.02. The van der Waals surface area contributed by atoms with E-state index in [1.807, 2.05) is 6.92 Å². The average molecular weight is 317 g/mol. The van der Waals surface area contributed by atoms with Crippen LogP contribution in [0.1, 0.15) is 37.3 Å². The van der Waals surface area contributed by atoms with Gasteiger partial charge in [0.05, 0.1) is 0 Å². The Labute approximate surface area is 140 Å². The number of nitrogens with one attached hydrogen (secondary N) is 2.